The van der Waals surface area contributed by atoms with Gasteiger partial charge >= 0.3 is 0 Å². The molecule has 0 spiro atoms. The van der Waals surface area contributed by atoms with Crippen LogP contribution in [0.25, 0.3) is 0 Å². The molecule has 0 bridgehead atoms. The molecule has 2 aromatic carbocycles. The maximum atomic E-state index is 13.0. The van der Waals surface area contributed by atoms with Crippen molar-refractivity contribution in [2.75, 3.05) is 14.2 Å². The van der Waals surface area contributed by atoms with Crippen molar-refractivity contribution in [3.8, 4) is 11.5 Å². The maximum absolute atomic E-state index is 13.0. The van der Waals surface area contributed by atoms with E-state index in [4.69, 9.17) is 32.7 Å². The molecule has 1 saturated carbocycles. The number of benzene rings is 2. The normalized spacial score (nSPS) is 13.4. The maximum Gasteiger partial charge on any atom is 0.254 e. The molecule has 6 heteroatoms. The van der Waals surface area contributed by atoms with Crippen molar-refractivity contribution < 1.29 is 14.3 Å². The van der Waals surface area contributed by atoms with Crippen LogP contribution in [0.4, 0.5) is 0 Å². The molecular weight excluding hydrogens is 361 g/mol. The highest BCUT2D eigenvalue weighted by Crippen LogP contribution is 2.33. The van der Waals surface area contributed by atoms with E-state index in [-0.39, 0.29) is 11.9 Å². The Morgan fingerprint density at radius 3 is 2.32 bits per heavy atom. The molecule has 2 aromatic rings. The molecule has 0 aromatic heterocycles. The van der Waals surface area contributed by atoms with Crippen LogP contribution in [0.1, 0.15) is 28.8 Å². The highest BCUT2D eigenvalue weighted by atomic mass is 35.5. The number of carbonyl (C=O) groups is 1. The number of hydrogen-bond donors (Lipinski definition) is 0. The number of methoxy groups -OCH3 is 2. The summed E-state index contributed by atoms with van der Waals surface area (Å²) in [5.74, 6) is 1.37. The van der Waals surface area contributed by atoms with Crippen molar-refractivity contribution in [1.82, 2.24) is 4.90 Å². The lowest BCUT2D eigenvalue weighted by atomic mass is 10.1. The summed E-state index contributed by atoms with van der Waals surface area (Å²) in [6, 6.07) is 10.7. The minimum Gasteiger partial charge on any atom is -0.497 e. The lowest BCUT2D eigenvalue weighted by Gasteiger charge is -2.24. The summed E-state index contributed by atoms with van der Waals surface area (Å²) in [5, 5.41) is 0.899. The number of rotatable bonds is 6. The number of nitrogens with zero attached hydrogens (tertiary/aromatic N) is 1. The Labute approximate surface area is 157 Å². The van der Waals surface area contributed by atoms with E-state index in [1.165, 1.54) is 0 Å². The van der Waals surface area contributed by atoms with Gasteiger partial charge in [-0.3, -0.25) is 4.79 Å². The van der Waals surface area contributed by atoms with Crippen LogP contribution in [-0.4, -0.2) is 31.1 Å². The number of amides is 1. The standard InChI is InChI=1S/C19H19Cl2NO3/c1-24-17-5-6-18(25-2)13(9-17)11-22(16-3-4-16)19(23)12-7-14(20)10-15(21)8-12/h5-10,16H,3-4,11H2,1-2H3. The average Bonchev–Trinajstić information content (AvgIpc) is 3.42. The van der Waals surface area contributed by atoms with Crippen LogP contribution in [0.2, 0.25) is 10.0 Å². The highest BCUT2D eigenvalue weighted by molar-refractivity contribution is 6.35. The topological polar surface area (TPSA) is 38.8 Å². The molecule has 0 aliphatic heterocycles. The molecule has 0 saturated heterocycles. The summed E-state index contributed by atoms with van der Waals surface area (Å²) >= 11 is 12.1. The van der Waals surface area contributed by atoms with Crippen LogP contribution in [0, 0.1) is 0 Å². The Hall–Kier alpha value is -1.91. The molecule has 132 valence electrons. The Morgan fingerprint density at radius 1 is 1.08 bits per heavy atom. The Kier molecular flexibility index (Phi) is 5.40. The lowest BCUT2D eigenvalue weighted by molar-refractivity contribution is 0.0728. The van der Waals surface area contributed by atoms with Gasteiger partial charge in [-0.15, -0.1) is 0 Å². The van der Waals surface area contributed by atoms with E-state index < -0.39 is 0 Å². The smallest absolute Gasteiger partial charge is 0.254 e. The SMILES string of the molecule is COc1ccc(OC)c(CN(C(=O)c2cc(Cl)cc(Cl)c2)C2CC2)c1. The first-order chi connectivity index (χ1) is 12.0. The molecule has 0 radical (unpaired) electrons. The molecule has 3 rings (SSSR count). The van der Waals surface area contributed by atoms with E-state index in [9.17, 15) is 4.79 Å². The van der Waals surface area contributed by atoms with Gasteiger partial charge in [-0.1, -0.05) is 23.2 Å². The second kappa shape index (κ2) is 7.54. The van der Waals surface area contributed by atoms with E-state index in [0.29, 0.717) is 22.2 Å². The van der Waals surface area contributed by atoms with Gasteiger partial charge in [0.25, 0.3) is 5.91 Å². The molecule has 4 nitrogen and oxygen atoms in total. The van der Waals surface area contributed by atoms with Crippen molar-refractivity contribution >= 4 is 29.1 Å². The Bertz CT molecular complexity index is 770. The minimum atomic E-state index is -0.0863. The summed E-state index contributed by atoms with van der Waals surface area (Å²) in [7, 11) is 3.23. The molecule has 1 amide bonds. The minimum absolute atomic E-state index is 0.0863. The predicted octanol–water partition coefficient (Wildman–Crippen LogP) is 4.82. The van der Waals surface area contributed by atoms with Gasteiger partial charge in [-0.25, -0.2) is 0 Å². The number of halogens is 2. The highest BCUT2D eigenvalue weighted by Gasteiger charge is 2.34. The molecule has 25 heavy (non-hydrogen) atoms. The van der Waals surface area contributed by atoms with E-state index in [1.54, 1.807) is 32.4 Å². The van der Waals surface area contributed by atoms with E-state index in [0.717, 1.165) is 29.9 Å². The molecule has 0 heterocycles. The fourth-order valence-corrected chi connectivity index (χ4v) is 3.31. The number of hydrogen-bond acceptors (Lipinski definition) is 3. The van der Waals surface area contributed by atoms with Gasteiger partial charge in [0, 0.05) is 27.2 Å². The van der Waals surface area contributed by atoms with Crippen molar-refractivity contribution in [2.45, 2.75) is 25.4 Å². The van der Waals surface area contributed by atoms with Gasteiger partial charge in [0.2, 0.25) is 0 Å². The lowest BCUT2D eigenvalue weighted by Crippen LogP contribution is -2.32. The molecule has 0 unspecified atom stereocenters. The van der Waals surface area contributed by atoms with Crippen LogP contribution in [0.3, 0.4) is 0 Å². The third-order valence-electron chi connectivity index (χ3n) is 4.19. The second-order valence-electron chi connectivity index (χ2n) is 6.00. The molecule has 1 aliphatic rings. The largest absolute Gasteiger partial charge is 0.497 e. The zero-order valence-corrected chi connectivity index (χ0v) is 15.6. The number of ether oxygens (including phenoxy) is 2. The van der Waals surface area contributed by atoms with Gasteiger partial charge in [0.1, 0.15) is 11.5 Å². The van der Waals surface area contributed by atoms with Crippen LogP contribution in [0.5, 0.6) is 11.5 Å². The quantitative estimate of drug-likeness (QED) is 0.722. The summed E-state index contributed by atoms with van der Waals surface area (Å²) in [5.41, 5.74) is 1.39. The molecule has 0 N–H and O–H groups in total. The summed E-state index contributed by atoms with van der Waals surface area (Å²) in [6.07, 6.45) is 1.98. The van der Waals surface area contributed by atoms with Gasteiger partial charge in [0.15, 0.2) is 0 Å². The van der Waals surface area contributed by atoms with E-state index in [2.05, 4.69) is 0 Å². The Balaban J connectivity index is 1.91. The predicted molar refractivity (Wildman–Crippen MR) is 98.9 cm³/mol. The van der Waals surface area contributed by atoms with Gasteiger partial charge in [-0.2, -0.15) is 0 Å². The summed E-state index contributed by atoms with van der Waals surface area (Å²) in [4.78, 5) is 14.9. The van der Waals surface area contributed by atoms with Crippen molar-refractivity contribution in [1.29, 1.82) is 0 Å². The van der Waals surface area contributed by atoms with E-state index >= 15 is 0 Å². The van der Waals surface area contributed by atoms with Gasteiger partial charge in [0.05, 0.1) is 20.8 Å². The Morgan fingerprint density at radius 2 is 1.76 bits per heavy atom. The van der Waals surface area contributed by atoms with E-state index in [1.807, 2.05) is 23.1 Å². The van der Waals surface area contributed by atoms with Crippen LogP contribution >= 0.6 is 23.2 Å². The van der Waals surface area contributed by atoms with Gasteiger partial charge in [-0.05, 0) is 49.2 Å². The second-order valence-corrected chi connectivity index (χ2v) is 6.87. The molecular formula is C19H19Cl2NO3. The first-order valence-corrected chi connectivity index (χ1v) is 8.75. The zero-order chi connectivity index (χ0) is 18.0. The van der Waals surface area contributed by atoms with Crippen molar-refractivity contribution in [2.24, 2.45) is 0 Å². The van der Waals surface area contributed by atoms with Crippen molar-refractivity contribution in [3.05, 3.63) is 57.6 Å². The van der Waals surface area contributed by atoms with Crippen LogP contribution in [0.15, 0.2) is 36.4 Å². The third kappa shape index (κ3) is 4.20. The fraction of sp³-hybridized carbons (Fsp3) is 0.316. The number of carbonyl (C=O) groups excluding carboxylic acids is 1. The summed E-state index contributed by atoms with van der Waals surface area (Å²) < 4.78 is 10.7. The molecule has 1 fully saturated rings. The summed E-state index contributed by atoms with van der Waals surface area (Å²) in [6.45, 7) is 0.438. The van der Waals surface area contributed by atoms with Crippen LogP contribution < -0.4 is 9.47 Å². The first kappa shape index (κ1) is 17.9. The monoisotopic (exact) mass is 379 g/mol. The van der Waals surface area contributed by atoms with Crippen molar-refractivity contribution in [3.63, 3.8) is 0 Å². The van der Waals surface area contributed by atoms with Crippen LogP contribution in [-0.2, 0) is 6.54 Å². The first-order valence-electron chi connectivity index (χ1n) is 8.00. The molecule has 0 atom stereocenters. The zero-order valence-electron chi connectivity index (χ0n) is 14.1. The molecule has 1 aliphatic carbocycles. The average molecular weight is 380 g/mol. The third-order valence-corrected chi connectivity index (χ3v) is 4.62. The fourth-order valence-electron chi connectivity index (χ4n) is 2.79. The van der Waals surface area contributed by atoms with Gasteiger partial charge < -0.3 is 14.4 Å².